The summed E-state index contributed by atoms with van der Waals surface area (Å²) in [5.41, 5.74) is 7.56. The molecule has 0 spiro atoms. The first-order valence-electron chi connectivity index (χ1n) is 10.9. The molecular weight excluding hydrogens is 350 g/mol. The summed E-state index contributed by atoms with van der Waals surface area (Å²) in [5, 5.41) is 3.21. The number of carbonyl (C=O) groups is 2. The minimum absolute atomic E-state index is 0.0529. The number of rotatable bonds is 4. The van der Waals surface area contributed by atoms with E-state index in [0.29, 0.717) is 18.7 Å². The number of benzene rings is 1. The van der Waals surface area contributed by atoms with E-state index in [4.69, 9.17) is 5.73 Å². The monoisotopic (exact) mass is 381 g/mol. The highest BCUT2D eigenvalue weighted by molar-refractivity contribution is 5.94. The van der Waals surface area contributed by atoms with Crippen molar-refractivity contribution < 1.29 is 9.59 Å². The zero-order chi connectivity index (χ0) is 19.3. The molecule has 0 aromatic heterocycles. The van der Waals surface area contributed by atoms with Crippen molar-refractivity contribution in [2.24, 2.45) is 28.9 Å². The number of hydrogen-bond donors (Lipinski definition) is 2. The molecule has 2 amide bonds. The molecule has 4 saturated carbocycles. The lowest BCUT2D eigenvalue weighted by atomic mass is 9.49. The highest BCUT2D eigenvalue weighted by Gasteiger charge is 2.54. The summed E-state index contributed by atoms with van der Waals surface area (Å²) in [5.74, 6) is 2.65. The summed E-state index contributed by atoms with van der Waals surface area (Å²) in [4.78, 5) is 27.4. The van der Waals surface area contributed by atoms with E-state index in [1.54, 1.807) is 0 Å². The molecular formula is C23H31N3O2. The van der Waals surface area contributed by atoms with Crippen LogP contribution in [0.1, 0.15) is 60.9 Å². The Morgan fingerprint density at radius 3 is 2.18 bits per heavy atom. The summed E-state index contributed by atoms with van der Waals surface area (Å²) in [6.45, 7) is 1.92. The molecule has 1 aliphatic heterocycles. The van der Waals surface area contributed by atoms with Gasteiger partial charge in [-0.1, -0.05) is 12.1 Å². The molecule has 6 rings (SSSR count). The van der Waals surface area contributed by atoms with Gasteiger partial charge in [0.15, 0.2) is 0 Å². The zero-order valence-electron chi connectivity index (χ0n) is 16.5. The third-order valence-electron chi connectivity index (χ3n) is 7.69. The molecule has 5 heteroatoms. The fourth-order valence-electron chi connectivity index (χ4n) is 6.68. The highest BCUT2D eigenvalue weighted by atomic mass is 16.2. The molecule has 1 saturated heterocycles. The molecule has 28 heavy (non-hydrogen) atoms. The van der Waals surface area contributed by atoms with Crippen LogP contribution in [0, 0.1) is 23.2 Å². The van der Waals surface area contributed by atoms with Crippen LogP contribution in [0.3, 0.4) is 0 Å². The molecule has 3 N–H and O–H groups in total. The topological polar surface area (TPSA) is 75.4 Å². The van der Waals surface area contributed by atoms with Crippen molar-refractivity contribution in [3.63, 3.8) is 0 Å². The van der Waals surface area contributed by atoms with Crippen LogP contribution in [-0.2, 0) is 11.3 Å². The molecule has 1 aromatic carbocycles. The van der Waals surface area contributed by atoms with Crippen LogP contribution in [0.4, 0.5) is 0 Å². The van der Waals surface area contributed by atoms with Gasteiger partial charge in [-0.25, -0.2) is 0 Å². The number of likely N-dealkylation sites (tertiary alicyclic amines) is 1. The van der Waals surface area contributed by atoms with Gasteiger partial charge in [0.1, 0.15) is 0 Å². The second kappa shape index (κ2) is 6.87. The van der Waals surface area contributed by atoms with Crippen molar-refractivity contribution in [2.45, 2.75) is 57.5 Å². The number of carbonyl (C=O) groups excluding carboxylic acids is 2. The fourth-order valence-corrected chi connectivity index (χ4v) is 6.68. The van der Waals surface area contributed by atoms with Gasteiger partial charge in [0, 0.05) is 36.7 Å². The first-order valence-corrected chi connectivity index (χ1v) is 10.9. The normalized spacial score (nSPS) is 36.0. The van der Waals surface area contributed by atoms with E-state index in [-0.39, 0.29) is 23.3 Å². The summed E-state index contributed by atoms with van der Waals surface area (Å²) >= 11 is 0. The SMILES string of the molecule is N[C@@H]1CCN(C(=O)c2ccc(CNC(=O)C34CC5CC(CC(C5)C3)C4)cc2)C1. The lowest BCUT2D eigenvalue weighted by Crippen LogP contribution is -2.53. The summed E-state index contributed by atoms with van der Waals surface area (Å²) in [7, 11) is 0. The van der Waals surface area contributed by atoms with E-state index >= 15 is 0 Å². The van der Waals surface area contributed by atoms with Gasteiger partial charge in [-0.3, -0.25) is 9.59 Å². The molecule has 0 unspecified atom stereocenters. The van der Waals surface area contributed by atoms with Crippen LogP contribution in [0.15, 0.2) is 24.3 Å². The number of nitrogens with zero attached hydrogens (tertiary/aromatic N) is 1. The Morgan fingerprint density at radius 2 is 1.64 bits per heavy atom. The standard InChI is InChI=1S/C23H31N3O2/c24-20-5-6-26(14-20)21(27)19-3-1-15(2-4-19)13-25-22(28)23-10-16-7-17(11-23)9-18(8-16)12-23/h1-4,16-18,20H,5-14,24H2,(H,25,28)/t16?,17?,18?,20-,23?/m1/s1. The number of nitrogens with one attached hydrogen (secondary N) is 1. The molecule has 5 nitrogen and oxygen atoms in total. The maximum atomic E-state index is 13.1. The largest absolute Gasteiger partial charge is 0.352 e. The van der Waals surface area contributed by atoms with Crippen LogP contribution in [0.5, 0.6) is 0 Å². The van der Waals surface area contributed by atoms with Gasteiger partial charge in [-0.2, -0.15) is 0 Å². The third kappa shape index (κ3) is 3.24. The Bertz CT molecular complexity index is 737. The minimum atomic E-state index is -0.0980. The zero-order valence-corrected chi connectivity index (χ0v) is 16.5. The Balaban J connectivity index is 1.19. The van der Waals surface area contributed by atoms with Gasteiger partial charge >= 0.3 is 0 Å². The van der Waals surface area contributed by atoms with E-state index in [1.807, 2.05) is 29.2 Å². The molecule has 150 valence electrons. The van der Waals surface area contributed by atoms with Crippen molar-refractivity contribution in [1.82, 2.24) is 10.2 Å². The quantitative estimate of drug-likeness (QED) is 0.842. The molecule has 0 radical (unpaired) electrons. The van der Waals surface area contributed by atoms with Crippen LogP contribution < -0.4 is 11.1 Å². The predicted octanol–water partition coefficient (Wildman–Crippen LogP) is 2.69. The Kier molecular flexibility index (Phi) is 4.46. The fraction of sp³-hybridized carbons (Fsp3) is 0.652. The average Bonchev–Trinajstić information content (AvgIpc) is 3.11. The molecule has 5 fully saturated rings. The smallest absolute Gasteiger partial charge is 0.253 e. The van der Waals surface area contributed by atoms with Crippen molar-refractivity contribution >= 4 is 11.8 Å². The van der Waals surface area contributed by atoms with Crippen molar-refractivity contribution in [1.29, 1.82) is 0 Å². The van der Waals surface area contributed by atoms with Gasteiger partial charge in [-0.15, -0.1) is 0 Å². The maximum Gasteiger partial charge on any atom is 0.253 e. The van der Waals surface area contributed by atoms with Crippen molar-refractivity contribution in [3.05, 3.63) is 35.4 Å². The van der Waals surface area contributed by atoms with Gasteiger partial charge < -0.3 is 16.0 Å². The average molecular weight is 382 g/mol. The van der Waals surface area contributed by atoms with E-state index in [1.165, 1.54) is 19.3 Å². The number of amides is 2. The molecule has 4 bridgehead atoms. The van der Waals surface area contributed by atoms with Crippen LogP contribution in [0.2, 0.25) is 0 Å². The minimum Gasteiger partial charge on any atom is -0.352 e. The maximum absolute atomic E-state index is 13.1. The van der Waals surface area contributed by atoms with Gasteiger partial charge in [0.05, 0.1) is 0 Å². The predicted molar refractivity (Wildman–Crippen MR) is 107 cm³/mol. The van der Waals surface area contributed by atoms with Crippen molar-refractivity contribution in [3.8, 4) is 0 Å². The molecule has 1 aromatic rings. The first-order chi connectivity index (χ1) is 13.5. The number of nitrogens with two attached hydrogens (primary N) is 1. The summed E-state index contributed by atoms with van der Waals surface area (Å²) in [6.07, 6.45) is 8.21. The molecule has 4 aliphatic carbocycles. The van der Waals surface area contributed by atoms with Gasteiger partial charge in [-0.05, 0) is 80.4 Å². The lowest BCUT2D eigenvalue weighted by molar-refractivity contribution is -0.146. The van der Waals surface area contributed by atoms with E-state index in [0.717, 1.165) is 55.5 Å². The Hall–Kier alpha value is -1.88. The Morgan fingerprint density at radius 1 is 1.04 bits per heavy atom. The van der Waals surface area contributed by atoms with E-state index in [9.17, 15) is 9.59 Å². The third-order valence-corrected chi connectivity index (χ3v) is 7.69. The molecule has 1 heterocycles. The summed E-state index contributed by atoms with van der Waals surface area (Å²) in [6, 6.07) is 7.77. The molecule has 1 atom stereocenters. The van der Waals surface area contributed by atoms with Crippen LogP contribution in [-0.4, -0.2) is 35.8 Å². The summed E-state index contributed by atoms with van der Waals surface area (Å²) < 4.78 is 0. The van der Waals surface area contributed by atoms with Gasteiger partial charge in [0.2, 0.25) is 5.91 Å². The molecule has 5 aliphatic rings. The van der Waals surface area contributed by atoms with E-state index in [2.05, 4.69) is 5.32 Å². The highest BCUT2D eigenvalue weighted by Crippen LogP contribution is 2.60. The Labute approximate surface area is 167 Å². The van der Waals surface area contributed by atoms with Crippen LogP contribution >= 0.6 is 0 Å². The second-order valence-corrected chi connectivity index (χ2v) is 9.88. The number of hydrogen-bond acceptors (Lipinski definition) is 3. The lowest BCUT2D eigenvalue weighted by Gasteiger charge is -2.55. The van der Waals surface area contributed by atoms with Crippen molar-refractivity contribution in [2.75, 3.05) is 13.1 Å². The van der Waals surface area contributed by atoms with E-state index < -0.39 is 0 Å². The van der Waals surface area contributed by atoms with Crippen LogP contribution in [0.25, 0.3) is 0 Å². The van der Waals surface area contributed by atoms with Gasteiger partial charge in [0.25, 0.3) is 5.91 Å². The second-order valence-electron chi connectivity index (χ2n) is 9.88. The first kappa shape index (κ1) is 18.2.